The summed E-state index contributed by atoms with van der Waals surface area (Å²) < 4.78 is 105. The van der Waals surface area contributed by atoms with E-state index in [1.54, 1.807) is 92.1 Å². The predicted octanol–water partition coefficient (Wildman–Crippen LogP) is 19.8. The van der Waals surface area contributed by atoms with E-state index in [0.29, 0.717) is 94.6 Å². The van der Waals surface area contributed by atoms with Crippen molar-refractivity contribution in [2.24, 2.45) is 29.6 Å². The summed E-state index contributed by atoms with van der Waals surface area (Å²) in [7, 11) is 15.9. The lowest BCUT2D eigenvalue weighted by molar-refractivity contribution is -0.131. The molecule has 4 N–H and O–H groups in total. The molecule has 10 aromatic rings. The van der Waals surface area contributed by atoms with E-state index in [0.717, 1.165) is 189 Å². The van der Waals surface area contributed by atoms with E-state index in [-0.39, 0.29) is 76.8 Å². The van der Waals surface area contributed by atoms with Gasteiger partial charge < -0.3 is 87.6 Å². The summed E-state index contributed by atoms with van der Waals surface area (Å²) in [6.45, 7) is 15.9. The maximum Gasteiger partial charge on any atom is 0.226 e. The first kappa shape index (κ1) is 107. The fourth-order valence-electron chi connectivity index (χ4n) is 18.5. The van der Waals surface area contributed by atoms with Gasteiger partial charge in [-0.25, -0.2) is 17.6 Å². The van der Waals surface area contributed by atoms with Gasteiger partial charge in [0.1, 0.15) is 23.3 Å². The number of aryl methyl sites for hydroxylation is 2. The number of ether oxygens (including phenoxy) is 10. The number of rotatable bonds is 33. The minimum Gasteiger partial charge on any atom is -0.493 e. The number of aliphatic hydroxyl groups excluding tert-OH is 3. The van der Waals surface area contributed by atoms with Crippen LogP contribution in [0.3, 0.4) is 0 Å². The molecule has 0 saturated carbocycles. The SMILES string of the molecule is CCCc1ccc(F)cc1.COc1cccc(C(=O)C2CCN(C(=O)Cc3ccc(F)cc3)CC2)c1OC.COc1cccc(C(=O)C2CCN(CCc3ccc(C)cc3)CC2)c1OC.COc1cccc(C(O)C2CCN(CCc3ccc(F)cc3)CC2)c1OC.COc1cccc([C@H](O)C2CCN(CCc3ccc(F)cc3)CC2)c1OC.COc1cccc([C@H](O)C2CCNCC2)c1OC. The summed E-state index contributed by atoms with van der Waals surface area (Å²) >= 11 is 0. The molecule has 3 atom stereocenters. The normalized spacial score (nSPS) is 15.8. The Kier molecular flexibility index (Phi) is 44.2. The standard InChI is InChI=1S/C23H29NO3.C22H24FNO4.2C22H28FNO3.C14H21NO3.C9H11F/c1-17-7-9-18(10-8-17)11-14-24-15-12-19(13-16-24)22(25)20-5-4-6-21(26-2)23(20)27-3;1-27-19-5-3-4-18(22(19)28-2)21(26)16-10-12-24(13-11-16)20(25)14-15-6-8-17(23)9-7-15;2*1-26-20-5-3-4-19(22(20)27-2)21(25)17-11-14-24(15-12-17)13-10-16-6-8-18(23)9-7-16;1-17-12-5-3-4-11(14(12)18-2)13(16)10-6-8-15-9-7-10;1-2-3-8-4-6-9(10)7-5-8/h4-10,19H,11-16H2,1-3H3;3-9,16H,10-14H2,1-2H3;2*3-9,17,21,25H,10-15H2,1-2H3;3-5,10,13,15-16H,6-9H2,1-2H3;4-7H,2-3H2,1H3/t;;21-;;13-;/m..1.1./s1. The summed E-state index contributed by atoms with van der Waals surface area (Å²) in [6.07, 6.45) is 12.4. The first-order valence-corrected chi connectivity index (χ1v) is 47.9. The molecule has 10 aromatic carbocycles. The molecule has 5 fully saturated rings. The molecule has 5 aliphatic heterocycles. The number of aliphatic hydroxyl groups is 3. The van der Waals surface area contributed by atoms with Crippen LogP contribution >= 0.6 is 0 Å². The van der Waals surface area contributed by atoms with E-state index in [4.69, 9.17) is 47.4 Å². The molecule has 738 valence electrons. The number of benzene rings is 10. The van der Waals surface area contributed by atoms with Crippen LogP contribution in [0, 0.1) is 59.8 Å². The van der Waals surface area contributed by atoms with E-state index in [1.807, 2.05) is 109 Å². The Morgan fingerprint density at radius 1 is 0.328 bits per heavy atom. The zero-order valence-corrected chi connectivity index (χ0v) is 81.8. The maximum atomic E-state index is 13.0. The minimum atomic E-state index is -0.561. The number of hydrogen-bond acceptors (Lipinski definition) is 20. The quantitative estimate of drug-likeness (QED) is 0.0221. The van der Waals surface area contributed by atoms with E-state index in [2.05, 4.69) is 58.1 Å². The number of Topliss-reactive ketones (excluding diaryl/α,β-unsaturated/α-hetero) is 2. The molecule has 1 amide bonds. The Morgan fingerprint density at radius 2 is 0.599 bits per heavy atom. The Hall–Kier alpha value is -11.6. The van der Waals surface area contributed by atoms with Gasteiger partial charge in [-0.1, -0.05) is 140 Å². The minimum absolute atomic E-state index is 0.00327. The zero-order chi connectivity index (χ0) is 98.1. The highest BCUT2D eigenvalue weighted by Gasteiger charge is 2.35. The number of carbonyl (C=O) groups is 3. The van der Waals surface area contributed by atoms with Crippen molar-refractivity contribution < 1.29 is 94.6 Å². The number of nitrogens with zero attached hydrogens (tertiary/aromatic N) is 4. The molecule has 21 nitrogen and oxygen atoms in total. The second-order valence-electron chi connectivity index (χ2n) is 35.3. The smallest absolute Gasteiger partial charge is 0.226 e. The van der Waals surface area contributed by atoms with Crippen LogP contribution in [0.5, 0.6) is 57.5 Å². The monoisotopic (exact) mass is 1890 g/mol. The number of nitrogens with one attached hydrogen (secondary N) is 1. The maximum absolute atomic E-state index is 13.0. The van der Waals surface area contributed by atoms with Crippen molar-refractivity contribution >= 4 is 17.5 Å². The van der Waals surface area contributed by atoms with Gasteiger partial charge in [-0.2, -0.15) is 0 Å². The number of carbonyl (C=O) groups excluding carboxylic acids is 3. The third-order valence-electron chi connectivity index (χ3n) is 26.6. The van der Waals surface area contributed by atoms with Gasteiger partial charge in [0, 0.05) is 61.2 Å². The Balaban J connectivity index is 0.000000173. The van der Waals surface area contributed by atoms with Crippen LogP contribution in [0.2, 0.25) is 0 Å². The van der Waals surface area contributed by atoms with Gasteiger partial charge in [0.25, 0.3) is 0 Å². The molecule has 5 saturated heterocycles. The second-order valence-corrected chi connectivity index (χ2v) is 35.3. The van der Waals surface area contributed by atoms with Crippen molar-refractivity contribution in [1.82, 2.24) is 24.9 Å². The predicted molar refractivity (Wildman–Crippen MR) is 529 cm³/mol. The summed E-state index contributed by atoms with van der Waals surface area (Å²) in [5.74, 6) is 5.89. The van der Waals surface area contributed by atoms with E-state index < -0.39 is 18.3 Å². The van der Waals surface area contributed by atoms with Crippen LogP contribution in [0.25, 0.3) is 0 Å². The molecule has 0 aromatic heterocycles. The molecule has 5 heterocycles. The largest absolute Gasteiger partial charge is 0.493 e. The number of halogens is 4. The molecule has 15 rings (SSSR count). The van der Waals surface area contributed by atoms with Crippen molar-refractivity contribution in [3.05, 3.63) is 297 Å². The van der Waals surface area contributed by atoms with Gasteiger partial charge in [0.2, 0.25) is 5.91 Å². The summed E-state index contributed by atoms with van der Waals surface area (Å²) in [5, 5.41) is 35.6. The Bertz CT molecular complexity index is 5150. The van der Waals surface area contributed by atoms with Gasteiger partial charge in [-0.3, -0.25) is 14.4 Å². The van der Waals surface area contributed by atoms with Gasteiger partial charge in [-0.15, -0.1) is 0 Å². The third-order valence-corrected chi connectivity index (χ3v) is 26.6. The summed E-state index contributed by atoms with van der Waals surface area (Å²) in [6, 6.07) is 62.5. The molecule has 0 spiro atoms. The molecule has 0 radical (unpaired) electrons. The molecular weight excluding hydrogens is 1750 g/mol. The first-order valence-electron chi connectivity index (χ1n) is 47.9. The number of likely N-dealkylation sites (tertiary alicyclic amines) is 4. The third kappa shape index (κ3) is 31.7. The highest BCUT2D eigenvalue weighted by atomic mass is 19.1. The molecule has 0 aliphatic carbocycles. The number of methoxy groups -OCH3 is 10. The number of ketones is 2. The van der Waals surface area contributed by atoms with Crippen molar-refractivity contribution in [3.8, 4) is 57.5 Å². The molecular formula is C112H141F4N5O16. The lowest BCUT2D eigenvalue weighted by atomic mass is 9.87. The zero-order valence-electron chi connectivity index (χ0n) is 81.8. The van der Waals surface area contributed by atoms with Gasteiger partial charge in [0.05, 0.1) is 107 Å². The number of hydrogen-bond donors (Lipinski definition) is 4. The topological polar surface area (TPSA) is 229 Å². The lowest BCUT2D eigenvalue weighted by Crippen LogP contribution is -2.41. The average molecular weight is 1890 g/mol. The first-order chi connectivity index (χ1) is 66.5. The van der Waals surface area contributed by atoms with Crippen LogP contribution in [-0.4, -0.2) is 209 Å². The Morgan fingerprint density at radius 3 is 0.905 bits per heavy atom. The number of piperidine rings is 5. The molecule has 25 heteroatoms. The van der Waals surface area contributed by atoms with Crippen molar-refractivity contribution in [1.29, 1.82) is 0 Å². The average Bonchev–Trinajstić information content (AvgIpc) is 0.810. The van der Waals surface area contributed by atoms with Crippen LogP contribution in [-0.2, 0) is 36.9 Å². The molecule has 0 bridgehead atoms. The fraction of sp³-hybridized carbons (Fsp3) is 0.438. The Labute approximate surface area is 807 Å². The van der Waals surface area contributed by atoms with Gasteiger partial charge in [0.15, 0.2) is 69.1 Å². The molecule has 5 aliphatic rings. The molecule has 1 unspecified atom stereocenters. The van der Waals surface area contributed by atoms with E-state index in [9.17, 15) is 47.3 Å². The van der Waals surface area contributed by atoms with Gasteiger partial charge in [-0.05, 0) is 286 Å². The van der Waals surface area contributed by atoms with Crippen LogP contribution in [0.15, 0.2) is 212 Å². The van der Waals surface area contributed by atoms with Crippen LogP contribution < -0.4 is 52.7 Å². The fourth-order valence-corrected chi connectivity index (χ4v) is 18.5. The second kappa shape index (κ2) is 56.4. The summed E-state index contributed by atoms with van der Waals surface area (Å²) in [4.78, 5) is 47.5. The van der Waals surface area contributed by atoms with Crippen molar-refractivity contribution in [3.63, 3.8) is 0 Å². The number of amides is 1. The number of para-hydroxylation sites is 5. The van der Waals surface area contributed by atoms with Crippen molar-refractivity contribution in [2.75, 3.05) is 156 Å². The summed E-state index contributed by atoms with van der Waals surface area (Å²) in [5.41, 5.74) is 10.5. The van der Waals surface area contributed by atoms with E-state index in [1.165, 1.54) is 79.4 Å². The lowest BCUT2D eigenvalue weighted by Gasteiger charge is -2.34. The van der Waals surface area contributed by atoms with Gasteiger partial charge >= 0.3 is 0 Å². The highest BCUT2D eigenvalue weighted by molar-refractivity contribution is 6.02. The van der Waals surface area contributed by atoms with Crippen molar-refractivity contribution in [2.45, 2.75) is 135 Å². The van der Waals surface area contributed by atoms with Crippen LogP contribution in [0.1, 0.15) is 167 Å². The van der Waals surface area contributed by atoms with E-state index >= 15 is 0 Å². The highest BCUT2D eigenvalue weighted by Crippen LogP contribution is 2.45. The van der Waals surface area contributed by atoms with Crippen LogP contribution in [0.4, 0.5) is 17.6 Å². The molecule has 137 heavy (non-hydrogen) atoms.